The van der Waals surface area contributed by atoms with Crippen LogP contribution in [0.3, 0.4) is 0 Å². The topological polar surface area (TPSA) is 20.2 Å². The van der Waals surface area contributed by atoms with Crippen LogP contribution >= 0.6 is 38.9 Å². The number of benzene rings is 1. The summed E-state index contributed by atoms with van der Waals surface area (Å²) in [5.74, 6) is -0.367. The normalized spacial score (nSPS) is 12.7. The van der Waals surface area contributed by atoms with Crippen LogP contribution in [0, 0.1) is 5.82 Å². The Morgan fingerprint density at radius 3 is 2.78 bits per heavy atom. The van der Waals surface area contributed by atoms with Crippen molar-refractivity contribution in [2.24, 2.45) is 0 Å². The highest BCUT2D eigenvalue weighted by molar-refractivity contribution is 9.10. The molecular weight excluding hydrogens is 339 g/mol. The summed E-state index contributed by atoms with van der Waals surface area (Å²) < 4.78 is 14.6. The summed E-state index contributed by atoms with van der Waals surface area (Å²) in [6, 6.07) is 6.50. The molecule has 1 N–H and O–H groups in total. The zero-order chi connectivity index (χ0) is 13.1. The fraction of sp³-hybridized carbons (Fsp3) is 0.231. The van der Waals surface area contributed by atoms with E-state index in [2.05, 4.69) is 15.9 Å². The van der Waals surface area contributed by atoms with Gasteiger partial charge in [-0.1, -0.05) is 17.7 Å². The molecule has 0 aliphatic heterocycles. The van der Waals surface area contributed by atoms with Crippen LogP contribution in [0.5, 0.6) is 0 Å². The lowest BCUT2D eigenvalue weighted by Crippen LogP contribution is -2.14. The summed E-state index contributed by atoms with van der Waals surface area (Å²) >= 11 is 10.8. The van der Waals surface area contributed by atoms with E-state index in [9.17, 15) is 9.50 Å². The van der Waals surface area contributed by atoms with Gasteiger partial charge in [-0.05, 0) is 34.1 Å². The molecule has 0 radical (unpaired) electrons. The number of aliphatic hydroxyl groups is 1. The summed E-state index contributed by atoms with van der Waals surface area (Å²) in [6.07, 6.45) is 0.0899. The van der Waals surface area contributed by atoms with Crippen molar-refractivity contribution in [3.05, 3.63) is 55.4 Å². The molecule has 1 atom stereocenters. The standard InChI is InChI=1S/C13H11BrClFOS/c14-8-4-10(18-7-8)5-9(17)6-11-12(15)2-1-3-13(11)16/h1-4,7,9,17H,5-6H2. The highest BCUT2D eigenvalue weighted by atomic mass is 79.9. The van der Waals surface area contributed by atoms with Crippen LogP contribution in [0.15, 0.2) is 34.1 Å². The zero-order valence-electron chi connectivity index (χ0n) is 9.37. The average Bonchev–Trinajstić information content (AvgIpc) is 2.69. The van der Waals surface area contributed by atoms with E-state index in [1.165, 1.54) is 6.07 Å². The Bertz CT molecular complexity index is 523. The van der Waals surface area contributed by atoms with E-state index in [1.54, 1.807) is 23.5 Å². The molecule has 5 heteroatoms. The van der Waals surface area contributed by atoms with Gasteiger partial charge < -0.3 is 5.11 Å². The van der Waals surface area contributed by atoms with Gasteiger partial charge in [0, 0.05) is 38.2 Å². The third-order valence-corrected chi connectivity index (χ3v) is 4.63. The van der Waals surface area contributed by atoms with Crippen molar-refractivity contribution < 1.29 is 9.50 Å². The first-order valence-corrected chi connectivity index (χ1v) is 7.45. The molecule has 0 aliphatic carbocycles. The zero-order valence-corrected chi connectivity index (χ0v) is 12.5. The van der Waals surface area contributed by atoms with Gasteiger partial charge in [0.25, 0.3) is 0 Å². The van der Waals surface area contributed by atoms with Crippen molar-refractivity contribution in [1.82, 2.24) is 0 Å². The molecule has 0 amide bonds. The van der Waals surface area contributed by atoms with Gasteiger partial charge in [-0.3, -0.25) is 0 Å². The second-order valence-corrected chi connectivity index (χ2v) is 6.31. The van der Waals surface area contributed by atoms with Gasteiger partial charge in [-0.25, -0.2) is 4.39 Å². The van der Waals surface area contributed by atoms with Gasteiger partial charge in [0.1, 0.15) is 5.82 Å². The molecule has 1 nitrogen and oxygen atoms in total. The second kappa shape index (κ2) is 6.15. The molecule has 0 aliphatic rings. The summed E-state index contributed by atoms with van der Waals surface area (Å²) in [5, 5.41) is 12.3. The minimum absolute atomic E-state index is 0.223. The number of rotatable bonds is 4. The molecule has 2 aromatic rings. The van der Waals surface area contributed by atoms with E-state index >= 15 is 0 Å². The third kappa shape index (κ3) is 3.54. The van der Waals surface area contributed by atoms with Crippen LogP contribution < -0.4 is 0 Å². The molecule has 0 bridgehead atoms. The summed E-state index contributed by atoms with van der Waals surface area (Å²) in [6.45, 7) is 0. The van der Waals surface area contributed by atoms with Crippen LogP contribution in [0.25, 0.3) is 0 Å². The third-order valence-electron chi connectivity index (χ3n) is 2.56. The maximum absolute atomic E-state index is 13.6. The molecule has 0 fully saturated rings. The predicted molar refractivity (Wildman–Crippen MR) is 76.8 cm³/mol. The van der Waals surface area contributed by atoms with Gasteiger partial charge in [-0.15, -0.1) is 11.3 Å². The minimum Gasteiger partial charge on any atom is -0.392 e. The maximum atomic E-state index is 13.6. The number of hydrogen-bond donors (Lipinski definition) is 1. The molecule has 2 rings (SSSR count). The SMILES string of the molecule is OC(Cc1cc(Br)cs1)Cc1c(F)cccc1Cl. The molecule has 0 saturated carbocycles. The summed E-state index contributed by atoms with van der Waals surface area (Å²) in [4.78, 5) is 1.06. The monoisotopic (exact) mass is 348 g/mol. The molecule has 1 aromatic carbocycles. The number of thiophene rings is 1. The Morgan fingerprint density at radius 1 is 1.39 bits per heavy atom. The van der Waals surface area contributed by atoms with Gasteiger partial charge >= 0.3 is 0 Å². The Hall–Kier alpha value is -0.420. The van der Waals surface area contributed by atoms with E-state index in [4.69, 9.17) is 11.6 Å². The average molecular weight is 350 g/mol. The van der Waals surface area contributed by atoms with E-state index in [-0.39, 0.29) is 12.2 Å². The van der Waals surface area contributed by atoms with Crippen molar-refractivity contribution in [3.8, 4) is 0 Å². The summed E-state index contributed by atoms with van der Waals surface area (Å²) in [7, 11) is 0. The Labute approximate surface area is 122 Å². The van der Waals surface area contributed by atoms with E-state index in [0.29, 0.717) is 17.0 Å². The van der Waals surface area contributed by atoms with Gasteiger partial charge in [0.15, 0.2) is 0 Å². The molecule has 0 spiro atoms. The van der Waals surface area contributed by atoms with E-state index < -0.39 is 6.10 Å². The molecular formula is C13H11BrClFOS. The van der Waals surface area contributed by atoms with E-state index in [1.807, 2.05) is 11.4 Å². The first kappa shape index (κ1) is 14.0. The lowest BCUT2D eigenvalue weighted by Gasteiger charge is -2.11. The van der Waals surface area contributed by atoms with E-state index in [0.717, 1.165) is 9.35 Å². The van der Waals surface area contributed by atoms with Gasteiger partial charge in [-0.2, -0.15) is 0 Å². The number of aliphatic hydroxyl groups excluding tert-OH is 1. The molecule has 96 valence electrons. The molecule has 1 unspecified atom stereocenters. The summed E-state index contributed by atoms with van der Waals surface area (Å²) in [5.41, 5.74) is 0.377. The quantitative estimate of drug-likeness (QED) is 0.864. The minimum atomic E-state index is -0.634. The number of hydrogen-bond acceptors (Lipinski definition) is 2. The smallest absolute Gasteiger partial charge is 0.127 e. The molecule has 1 aromatic heterocycles. The molecule has 1 heterocycles. The highest BCUT2D eigenvalue weighted by Gasteiger charge is 2.14. The lowest BCUT2D eigenvalue weighted by atomic mass is 10.0. The van der Waals surface area contributed by atoms with Gasteiger partial charge in [0.05, 0.1) is 6.10 Å². The first-order chi connectivity index (χ1) is 8.56. The Balaban J connectivity index is 2.05. The van der Waals surface area contributed by atoms with Crippen LogP contribution in [-0.4, -0.2) is 11.2 Å². The first-order valence-electron chi connectivity index (χ1n) is 5.40. The fourth-order valence-corrected chi connectivity index (χ4v) is 3.49. The van der Waals surface area contributed by atoms with Crippen molar-refractivity contribution in [2.75, 3.05) is 0 Å². The second-order valence-electron chi connectivity index (χ2n) is 3.99. The predicted octanol–water partition coefficient (Wildman–Crippen LogP) is 4.45. The van der Waals surface area contributed by atoms with Crippen LogP contribution in [0.2, 0.25) is 5.02 Å². The van der Waals surface area contributed by atoms with Crippen molar-refractivity contribution >= 4 is 38.9 Å². The van der Waals surface area contributed by atoms with Gasteiger partial charge in [0.2, 0.25) is 0 Å². The van der Waals surface area contributed by atoms with Crippen molar-refractivity contribution in [2.45, 2.75) is 18.9 Å². The van der Waals surface area contributed by atoms with Crippen LogP contribution in [-0.2, 0) is 12.8 Å². The lowest BCUT2D eigenvalue weighted by molar-refractivity contribution is 0.175. The molecule has 18 heavy (non-hydrogen) atoms. The van der Waals surface area contributed by atoms with Crippen molar-refractivity contribution in [1.29, 1.82) is 0 Å². The Kier molecular flexibility index (Phi) is 4.78. The highest BCUT2D eigenvalue weighted by Crippen LogP contribution is 2.24. The van der Waals surface area contributed by atoms with Crippen molar-refractivity contribution in [3.63, 3.8) is 0 Å². The maximum Gasteiger partial charge on any atom is 0.127 e. The van der Waals surface area contributed by atoms with Crippen LogP contribution in [0.4, 0.5) is 4.39 Å². The number of halogens is 3. The fourth-order valence-electron chi connectivity index (χ4n) is 1.73. The van der Waals surface area contributed by atoms with Crippen LogP contribution in [0.1, 0.15) is 10.4 Å². The molecule has 0 saturated heterocycles. The largest absolute Gasteiger partial charge is 0.392 e. The Morgan fingerprint density at radius 2 is 2.17 bits per heavy atom.